The number of carbonyl (C=O) groups excluding carboxylic acids is 1. The smallest absolute Gasteiger partial charge is 0.229 e. The molecule has 2 aromatic carbocycles. The first-order valence-electron chi connectivity index (χ1n) is 8.33. The average molecular weight is 363 g/mol. The van der Waals surface area contributed by atoms with E-state index >= 15 is 0 Å². The maximum atomic E-state index is 12.6. The van der Waals surface area contributed by atoms with Crippen LogP contribution in [0.2, 0.25) is 0 Å². The van der Waals surface area contributed by atoms with Crippen LogP contribution in [0, 0.1) is 0 Å². The fourth-order valence-corrected chi connectivity index (χ4v) is 2.61. The molecule has 1 amide bonds. The zero-order valence-corrected chi connectivity index (χ0v) is 15.8. The van der Waals surface area contributed by atoms with Gasteiger partial charge in [-0.15, -0.1) is 12.4 Å². The molecule has 0 fully saturated rings. The first-order valence-corrected chi connectivity index (χ1v) is 8.33. The first kappa shape index (κ1) is 21.0. The van der Waals surface area contributed by atoms with Crippen molar-refractivity contribution < 1.29 is 9.53 Å². The van der Waals surface area contributed by atoms with Crippen molar-refractivity contribution in [1.82, 2.24) is 5.32 Å². The summed E-state index contributed by atoms with van der Waals surface area (Å²) in [5.41, 5.74) is 7.76. The van der Waals surface area contributed by atoms with Crippen LogP contribution in [0.15, 0.2) is 54.6 Å². The molecule has 0 heterocycles. The van der Waals surface area contributed by atoms with Gasteiger partial charge in [-0.3, -0.25) is 4.79 Å². The van der Waals surface area contributed by atoms with Crippen LogP contribution < -0.4 is 15.8 Å². The predicted octanol–water partition coefficient (Wildman–Crippen LogP) is 3.82. The van der Waals surface area contributed by atoms with Gasteiger partial charge in [-0.1, -0.05) is 42.5 Å². The van der Waals surface area contributed by atoms with Gasteiger partial charge < -0.3 is 15.8 Å². The van der Waals surface area contributed by atoms with Gasteiger partial charge in [-0.05, 0) is 44.0 Å². The molecule has 0 aliphatic heterocycles. The van der Waals surface area contributed by atoms with Crippen molar-refractivity contribution in [3.63, 3.8) is 0 Å². The topological polar surface area (TPSA) is 64.3 Å². The summed E-state index contributed by atoms with van der Waals surface area (Å²) in [5.74, 6) is 0.400. The molecule has 0 aliphatic rings. The van der Waals surface area contributed by atoms with E-state index in [0.717, 1.165) is 16.9 Å². The Morgan fingerprint density at radius 1 is 1.04 bits per heavy atom. The number of amides is 1. The maximum absolute atomic E-state index is 12.6. The van der Waals surface area contributed by atoms with Crippen LogP contribution >= 0.6 is 12.4 Å². The molecular weight excluding hydrogens is 336 g/mol. The molecule has 136 valence electrons. The molecule has 3 N–H and O–H groups in total. The molecule has 0 radical (unpaired) electrons. The standard InChI is InChI=1S/C20H26N2O2.ClH/c1-14(2)24-18-11-7-10-17(12-18)15(3)22-20(23)19(13-21)16-8-5-4-6-9-16;/h4-12,14-15,19H,13,21H2,1-3H3,(H,22,23);1H. The molecule has 5 heteroatoms. The molecule has 0 aliphatic carbocycles. The molecule has 2 rings (SSSR count). The fourth-order valence-electron chi connectivity index (χ4n) is 2.61. The Morgan fingerprint density at radius 2 is 1.68 bits per heavy atom. The number of ether oxygens (including phenoxy) is 1. The van der Waals surface area contributed by atoms with Gasteiger partial charge in [0.25, 0.3) is 0 Å². The Labute approximate surface area is 156 Å². The van der Waals surface area contributed by atoms with Gasteiger partial charge in [0.1, 0.15) is 5.75 Å². The van der Waals surface area contributed by atoms with E-state index in [1.54, 1.807) is 0 Å². The van der Waals surface area contributed by atoms with Crippen LogP contribution in [0.1, 0.15) is 43.9 Å². The number of halogens is 1. The zero-order valence-electron chi connectivity index (χ0n) is 14.9. The molecule has 25 heavy (non-hydrogen) atoms. The summed E-state index contributed by atoms with van der Waals surface area (Å²) in [5, 5.41) is 3.05. The molecule has 0 saturated carbocycles. The van der Waals surface area contributed by atoms with Crippen molar-refractivity contribution in [3.8, 4) is 5.75 Å². The van der Waals surface area contributed by atoms with Crippen molar-refractivity contribution in [2.75, 3.05) is 6.54 Å². The third-order valence-corrected chi connectivity index (χ3v) is 3.84. The Bertz CT molecular complexity index is 662. The summed E-state index contributed by atoms with van der Waals surface area (Å²) < 4.78 is 5.72. The number of carbonyl (C=O) groups is 1. The van der Waals surface area contributed by atoms with Gasteiger partial charge in [-0.25, -0.2) is 0 Å². The number of nitrogens with one attached hydrogen (secondary N) is 1. The van der Waals surface area contributed by atoms with E-state index in [-0.39, 0.29) is 42.9 Å². The quantitative estimate of drug-likeness (QED) is 0.787. The second kappa shape index (κ2) is 10.1. The second-order valence-electron chi connectivity index (χ2n) is 6.17. The minimum Gasteiger partial charge on any atom is -0.491 e. The SMILES string of the molecule is CC(C)Oc1cccc(C(C)NC(=O)C(CN)c2ccccc2)c1.Cl. The van der Waals surface area contributed by atoms with Crippen molar-refractivity contribution in [2.45, 2.75) is 38.8 Å². The Hall–Kier alpha value is -2.04. The number of nitrogens with two attached hydrogens (primary N) is 1. The first-order chi connectivity index (χ1) is 11.5. The number of benzene rings is 2. The van der Waals surface area contributed by atoms with Gasteiger partial charge in [0.2, 0.25) is 5.91 Å². The molecule has 2 aromatic rings. The summed E-state index contributed by atoms with van der Waals surface area (Å²) in [6.45, 7) is 6.22. The van der Waals surface area contributed by atoms with Gasteiger partial charge in [0.05, 0.1) is 18.1 Å². The van der Waals surface area contributed by atoms with E-state index in [1.165, 1.54) is 0 Å². The van der Waals surface area contributed by atoms with E-state index in [2.05, 4.69) is 5.32 Å². The Kier molecular flexibility index (Phi) is 8.46. The predicted molar refractivity (Wildman–Crippen MR) is 104 cm³/mol. The Balaban J connectivity index is 0.00000312. The van der Waals surface area contributed by atoms with E-state index in [4.69, 9.17) is 10.5 Å². The molecule has 2 atom stereocenters. The van der Waals surface area contributed by atoms with E-state index in [0.29, 0.717) is 0 Å². The summed E-state index contributed by atoms with van der Waals surface area (Å²) >= 11 is 0. The van der Waals surface area contributed by atoms with Gasteiger partial charge in [0, 0.05) is 6.54 Å². The van der Waals surface area contributed by atoms with E-state index < -0.39 is 0 Å². The van der Waals surface area contributed by atoms with Crippen LogP contribution in [-0.2, 0) is 4.79 Å². The highest BCUT2D eigenvalue weighted by molar-refractivity contribution is 5.85. The van der Waals surface area contributed by atoms with Crippen LogP contribution in [0.25, 0.3) is 0 Å². The lowest BCUT2D eigenvalue weighted by atomic mass is 9.97. The summed E-state index contributed by atoms with van der Waals surface area (Å²) in [6.07, 6.45) is 0.116. The van der Waals surface area contributed by atoms with E-state index in [1.807, 2.05) is 75.4 Å². The molecular formula is C20H27ClN2O2. The fraction of sp³-hybridized carbons (Fsp3) is 0.350. The highest BCUT2D eigenvalue weighted by atomic mass is 35.5. The minimum absolute atomic E-state index is 0. The average Bonchev–Trinajstić information content (AvgIpc) is 2.56. The molecule has 2 unspecified atom stereocenters. The highest BCUT2D eigenvalue weighted by Gasteiger charge is 2.21. The van der Waals surface area contributed by atoms with Crippen LogP contribution in [0.4, 0.5) is 0 Å². The van der Waals surface area contributed by atoms with Crippen molar-refractivity contribution in [1.29, 1.82) is 0 Å². The monoisotopic (exact) mass is 362 g/mol. The van der Waals surface area contributed by atoms with Crippen LogP contribution in [0.3, 0.4) is 0 Å². The third kappa shape index (κ3) is 6.07. The van der Waals surface area contributed by atoms with Gasteiger partial charge >= 0.3 is 0 Å². The third-order valence-electron chi connectivity index (χ3n) is 3.84. The Morgan fingerprint density at radius 3 is 2.28 bits per heavy atom. The zero-order chi connectivity index (χ0) is 17.5. The number of rotatable bonds is 7. The lowest BCUT2D eigenvalue weighted by Gasteiger charge is -2.20. The van der Waals surface area contributed by atoms with E-state index in [9.17, 15) is 4.79 Å². The highest BCUT2D eigenvalue weighted by Crippen LogP contribution is 2.22. The van der Waals surface area contributed by atoms with Crippen molar-refractivity contribution >= 4 is 18.3 Å². The molecule has 0 saturated heterocycles. The van der Waals surface area contributed by atoms with Crippen LogP contribution in [-0.4, -0.2) is 18.6 Å². The number of hydrogen-bond donors (Lipinski definition) is 2. The minimum atomic E-state index is -0.344. The lowest BCUT2D eigenvalue weighted by Crippen LogP contribution is -2.35. The summed E-state index contributed by atoms with van der Waals surface area (Å²) in [6, 6.07) is 17.3. The lowest BCUT2D eigenvalue weighted by molar-refractivity contribution is -0.123. The molecule has 0 bridgehead atoms. The summed E-state index contributed by atoms with van der Waals surface area (Å²) in [4.78, 5) is 12.6. The van der Waals surface area contributed by atoms with Gasteiger partial charge in [-0.2, -0.15) is 0 Å². The van der Waals surface area contributed by atoms with Crippen molar-refractivity contribution in [3.05, 3.63) is 65.7 Å². The largest absolute Gasteiger partial charge is 0.491 e. The maximum Gasteiger partial charge on any atom is 0.229 e. The second-order valence-corrected chi connectivity index (χ2v) is 6.17. The molecule has 0 aromatic heterocycles. The molecule has 0 spiro atoms. The summed E-state index contributed by atoms with van der Waals surface area (Å²) in [7, 11) is 0. The van der Waals surface area contributed by atoms with Gasteiger partial charge in [0.15, 0.2) is 0 Å². The van der Waals surface area contributed by atoms with Crippen LogP contribution in [0.5, 0.6) is 5.75 Å². The molecule has 4 nitrogen and oxygen atoms in total. The van der Waals surface area contributed by atoms with Crippen molar-refractivity contribution in [2.24, 2.45) is 5.73 Å². The number of hydrogen-bond acceptors (Lipinski definition) is 3. The normalized spacial score (nSPS) is 12.8.